The number of hydrogen-bond acceptors (Lipinski definition) is 1. The Morgan fingerprint density at radius 3 is 2.57 bits per heavy atom. The summed E-state index contributed by atoms with van der Waals surface area (Å²) in [6.07, 6.45) is 3.68. The molecule has 0 atom stereocenters. The van der Waals surface area contributed by atoms with Crippen LogP contribution in [0.1, 0.15) is 24.1 Å². The first kappa shape index (κ1) is 10.5. The molecule has 0 saturated heterocycles. The van der Waals surface area contributed by atoms with Crippen molar-refractivity contribution in [3.05, 3.63) is 16.4 Å². The van der Waals surface area contributed by atoms with Crippen LogP contribution in [0, 0.1) is 12.3 Å². The Morgan fingerprint density at radius 1 is 1.57 bits per heavy atom. The van der Waals surface area contributed by atoms with Gasteiger partial charge in [-0.3, -0.25) is 4.68 Å². The summed E-state index contributed by atoms with van der Waals surface area (Å²) >= 11 is 9.77. The van der Waals surface area contributed by atoms with E-state index in [9.17, 15) is 0 Å². The third kappa shape index (κ3) is 1.72. The Bertz CT molecular complexity index is 355. The molecule has 1 aromatic rings. The smallest absolute Gasteiger partial charge is 0.130 e. The van der Waals surface area contributed by atoms with Gasteiger partial charge in [-0.2, -0.15) is 5.10 Å². The van der Waals surface area contributed by atoms with Gasteiger partial charge in [-0.05, 0) is 31.6 Å². The topological polar surface area (TPSA) is 17.8 Å². The lowest BCUT2D eigenvalue weighted by molar-refractivity contribution is 0.584. The Labute approximate surface area is 97.8 Å². The maximum Gasteiger partial charge on any atom is 0.130 e. The lowest BCUT2D eigenvalue weighted by Gasteiger charge is -2.10. The molecule has 2 nitrogen and oxygen atoms in total. The maximum atomic E-state index is 6.19. The normalized spacial score (nSPS) is 18.6. The van der Waals surface area contributed by atoms with Gasteiger partial charge < -0.3 is 0 Å². The number of rotatable bonds is 3. The fourth-order valence-electron chi connectivity index (χ4n) is 1.78. The van der Waals surface area contributed by atoms with Crippen molar-refractivity contribution in [3.63, 3.8) is 0 Å². The highest BCUT2D eigenvalue weighted by Crippen LogP contribution is 2.50. The number of aryl methyl sites for hydroxylation is 2. The summed E-state index contributed by atoms with van der Waals surface area (Å²) in [5.41, 5.74) is 2.77. The second-order valence-electron chi connectivity index (χ2n) is 4.29. The zero-order chi connectivity index (χ0) is 10.3. The van der Waals surface area contributed by atoms with Gasteiger partial charge in [0.15, 0.2) is 0 Å². The molecule has 0 aromatic carbocycles. The molecule has 78 valence electrons. The highest BCUT2D eigenvalue weighted by Gasteiger charge is 2.42. The van der Waals surface area contributed by atoms with Gasteiger partial charge in [0, 0.05) is 17.9 Å². The fraction of sp³-hybridized carbons (Fsp3) is 0.700. The average Bonchev–Trinajstić information content (AvgIpc) is 2.88. The highest BCUT2D eigenvalue weighted by atomic mass is 79.9. The average molecular weight is 278 g/mol. The molecule has 1 aliphatic carbocycles. The zero-order valence-corrected chi connectivity index (χ0v) is 10.8. The van der Waals surface area contributed by atoms with E-state index in [0.29, 0.717) is 5.41 Å². The molecule has 4 heteroatoms. The van der Waals surface area contributed by atoms with Crippen LogP contribution >= 0.6 is 27.5 Å². The van der Waals surface area contributed by atoms with Crippen LogP contribution < -0.4 is 0 Å². The molecule has 1 fully saturated rings. The molecule has 0 aliphatic heterocycles. The number of nitrogens with zero attached hydrogens (tertiary/aromatic N) is 2. The lowest BCUT2D eigenvalue weighted by atomic mass is 9.99. The molecular weight excluding hydrogens is 263 g/mol. The molecule has 0 radical (unpaired) electrons. The van der Waals surface area contributed by atoms with E-state index < -0.39 is 0 Å². The fourth-order valence-corrected chi connectivity index (χ4v) is 2.78. The largest absolute Gasteiger partial charge is 0.257 e. The third-order valence-corrected chi connectivity index (χ3v) is 4.72. The number of halogens is 2. The summed E-state index contributed by atoms with van der Waals surface area (Å²) in [6.45, 7) is 2.03. The summed E-state index contributed by atoms with van der Waals surface area (Å²) in [7, 11) is 1.90. The Hall–Kier alpha value is -0.0200. The molecule has 0 amide bonds. The Balaban J connectivity index is 2.24. The van der Waals surface area contributed by atoms with Crippen LogP contribution in [0.25, 0.3) is 0 Å². The molecule has 1 aliphatic rings. The van der Waals surface area contributed by atoms with Crippen molar-refractivity contribution < 1.29 is 0 Å². The van der Waals surface area contributed by atoms with Gasteiger partial charge in [-0.15, -0.1) is 0 Å². The van der Waals surface area contributed by atoms with E-state index in [1.165, 1.54) is 18.4 Å². The molecule has 0 N–H and O–H groups in total. The summed E-state index contributed by atoms with van der Waals surface area (Å²) in [4.78, 5) is 0. The summed E-state index contributed by atoms with van der Waals surface area (Å²) in [5.74, 6) is 0. The van der Waals surface area contributed by atoms with Crippen molar-refractivity contribution in [2.24, 2.45) is 12.5 Å². The molecule has 1 saturated carbocycles. The Kier molecular flexibility index (Phi) is 2.64. The molecule has 0 unspecified atom stereocenters. The first-order valence-electron chi connectivity index (χ1n) is 4.82. The predicted molar refractivity (Wildman–Crippen MR) is 62.1 cm³/mol. The van der Waals surface area contributed by atoms with E-state index in [2.05, 4.69) is 21.0 Å². The van der Waals surface area contributed by atoms with Crippen LogP contribution in [0.5, 0.6) is 0 Å². The van der Waals surface area contributed by atoms with Crippen LogP contribution in [0.3, 0.4) is 0 Å². The molecule has 0 bridgehead atoms. The van der Waals surface area contributed by atoms with Crippen molar-refractivity contribution in [1.82, 2.24) is 9.78 Å². The predicted octanol–water partition coefficient (Wildman–Crippen LogP) is 3.10. The van der Waals surface area contributed by atoms with Gasteiger partial charge in [-0.25, -0.2) is 0 Å². The van der Waals surface area contributed by atoms with Crippen molar-refractivity contribution in [3.8, 4) is 0 Å². The van der Waals surface area contributed by atoms with E-state index in [1.807, 2.05) is 14.0 Å². The minimum Gasteiger partial charge on any atom is -0.257 e. The zero-order valence-electron chi connectivity index (χ0n) is 8.48. The van der Waals surface area contributed by atoms with Gasteiger partial charge >= 0.3 is 0 Å². The van der Waals surface area contributed by atoms with Crippen LogP contribution in [0.4, 0.5) is 0 Å². The van der Waals surface area contributed by atoms with Crippen molar-refractivity contribution in [1.29, 1.82) is 0 Å². The van der Waals surface area contributed by atoms with Gasteiger partial charge in [-0.1, -0.05) is 27.5 Å². The molecule has 2 rings (SSSR count). The van der Waals surface area contributed by atoms with Crippen molar-refractivity contribution >= 4 is 27.5 Å². The molecular formula is C10H14BrClN2. The molecule has 1 aromatic heterocycles. The maximum absolute atomic E-state index is 6.19. The van der Waals surface area contributed by atoms with E-state index in [1.54, 1.807) is 4.68 Å². The summed E-state index contributed by atoms with van der Waals surface area (Å²) in [5, 5.41) is 6.20. The van der Waals surface area contributed by atoms with Crippen molar-refractivity contribution in [2.75, 3.05) is 5.33 Å². The van der Waals surface area contributed by atoms with E-state index >= 15 is 0 Å². The van der Waals surface area contributed by atoms with Crippen LogP contribution in [0.2, 0.25) is 5.15 Å². The van der Waals surface area contributed by atoms with Gasteiger partial charge in [0.1, 0.15) is 5.15 Å². The number of alkyl halides is 1. The second-order valence-corrected chi connectivity index (χ2v) is 5.21. The van der Waals surface area contributed by atoms with E-state index in [0.717, 1.165) is 22.6 Å². The molecule has 0 spiro atoms. The van der Waals surface area contributed by atoms with Crippen molar-refractivity contribution in [2.45, 2.75) is 26.2 Å². The quantitative estimate of drug-likeness (QED) is 0.776. The van der Waals surface area contributed by atoms with Gasteiger partial charge in [0.25, 0.3) is 0 Å². The standard InChI is InChI=1S/C10H14BrClN2/c1-7-8(9(12)14(2)13-7)5-10(6-11)3-4-10/h3-6H2,1-2H3. The first-order valence-corrected chi connectivity index (χ1v) is 6.32. The van der Waals surface area contributed by atoms with Crippen LogP contribution in [-0.2, 0) is 13.5 Å². The lowest BCUT2D eigenvalue weighted by Crippen LogP contribution is -2.07. The third-order valence-electron chi connectivity index (χ3n) is 3.06. The summed E-state index contributed by atoms with van der Waals surface area (Å²) in [6, 6.07) is 0. The summed E-state index contributed by atoms with van der Waals surface area (Å²) < 4.78 is 1.76. The minimum absolute atomic E-state index is 0.470. The minimum atomic E-state index is 0.470. The van der Waals surface area contributed by atoms with E-state index in [-0.39, 0.29) is 0 Å². The van der Waals surface area contributed by atoms with E-state index in [4.69, 9.17) is 11.6 Å². The molecule has 14 heavy (non-hydrogen) atoms. The van der Waals surface area contributed by atoms with Gasteiger partial charge in [0.2, 0.25) is 0 Å². The SMILES string of the molecule is Cc1nn(C)c(Cl)c1CC1(CBr)CC1. The van der Waals surface area contributed by atoms with Crippen LogP contribution in [-0.4, -0.2) is 15.1 Å². The second kappa shape index (κ2) is 3.53. The monoisotopic (exact) mass is 276 g/mol. The Morgan fingerprint density at radius 2 is 2.21 bits per heavy atom. The highest BCUT2D eigenvalue weighted by molar-refractivity contribution is 9.09. The molecule has 1 heterocycles. The first-order chi connectivity index (χ1) is 6.58. The number of hydrogen-bond donors (Lipinski definition) is 0. The number of aromatic nitrogens is 2. The van der Waals surface area contributed by atoms with Crippen LogP contribution in [0.15, 0.2) is 0 Å². The van der Waals surface area contributed by atoms with Gasteiger partial charge in [0.05, 0.1) is 5.69 Å².